The highest BCUT2D eigenvalue weighted by Crippen LogP contribution is 2.20. The molecule has 0 amide bonds. The van der Waals surface area contributed by atoms with Gasteiger partial charge in [-0.15, -0.1) is 0 Å². The summed E-state index contributed by atoms with van der Waals surface area (Å²) in [6.45, 7) is 3.23. The molecule has 1 saturated heterocycles. The average Bonchev–Trinajstić information content (AvgIpc) is 2.03. The lowest BCUT2D eigenvalue weighted by atomic mass is 9.92. The first kappa shape index (κ1) is 10.9. The van der Waals surface area contributed by atoms with Gasteiger partial charge in [-0.05, 0) is 12.3 Å². The zero-order valence-corrected chi connectivity index (χ0v) is 9.05. The monoisotopic (exact) mass is 206 g/mol. The molecular weight excluding hydrogens is 188 g/mol. The van der Waals surface area contributed by atoms with Crippen molar-refractivity contribution < 1.29 is 8.42 Å². The molecule has 1 aliphatic heterocycles. The van der Waals surface area contributed by atoms with Gasteiger partial charge in [0.25, 0.3) is 0 Å². The largest absolute Gasteiger partial charge is 0.327 e. The number of hydrogen-bond donors (Lipinski definition) is 1. The molecule has 0 bridgehead atoms. The van der Waals surface area contributed by atoms with Crippen LogP contribution in [-0.4, -0.2) is 38.1 Å². The van der Waals surface area contributed by atoms with Gasteiger partial charge in [0.1, 0.15) is 0 Å². The molecule has 0 aromatic rings. The molecule has 78 valence electrons. The van der Waals surface area contributed by atoms with Crippen molar-refractivity contribution in [2.45, 2.75) is 25.8 Å². The fraction of sp³-hybridized carbons (Fsp3) is 1.00. The van der Waals surface area contributed by atoms with E-state index < -0.39 is 10.0 Å². The Morgan fingerprint density at radius 3 is 2.62 bits per heavy atom. The zero-order chi connectivity index (χ0) is 10.1. The molecule has 2 N–H and O–H groups in total. The Labute approximate surface area is 80.1 Å². The molecule has 0 aromatic carbocycles. The van der Waals surface area contributed by atoms with E-state index in [-0.39, 0.29) is 6.04 Å². The molecular formula is C8H18N2O2S. The van der Waals surface area contributed by atoms with Crippen molar-refractivity contribution in [3.63, 3.8) is 0 Å². The van der Waals surface area contributed by atoms with E-state index in [1.807, 2.05) is 0 Å². The van der Waals surface area contributed by atoms with Crippen LogP contribution in [0, 0.1) is 5.92 Å². The Kier molecular flexibility index (Phi) is 3.32. The van der Waals surface area contributed by atoms with Crippen molar-refractivity contribution in [3.8, 4) is 0 Å². The van der Waals surface area contributed by atoms with E-state index in [1.165, 1.54) is 10.6 Å². The van der Waals surface area contributed by atoms with Gasteiger partial charge in [-0.3, -0.25) is 0 Å². The topological polar surface area (TPSA) is 63.4 Å². The van der Waals surface area contributed by atoms with Gasteiger partial charge in [0.2, 0.25) is 10.0 Å². The zero-order valence-electron chi connectivity index (χ0n) is 8.23. The molecule has 0 spiro atoms. The first-order valence-corrected chi connectivity index (χ1v) is 6.50. The SMILES string of the molecule is CC[C@H]1CN(S(C)(=O)=O)CC[C@@H]1N. The standard InChI is InChI=1S/C8H18N2O2S/c1-3-7-6-10(13(2,11)12)5-4-8(7)9/h7-8H,3-6,9H2,1-2H3/t7-,8-/m0/s1. The van der Waals surface area contributed by atoms with Gasteiger partial charge in [0, 0.05) is 19.1 Å². The lowest BCUT2D eigenvalue weighted by molar-refractivity contribution is 0.231. The average molecular weight is 206 g/mol. The summed E-state index contributed by atoms with van der Waals surface area (Å²) in [7, 11) is -3.01. The molecule has 13 heavy (non-hydrogen) atoms. The summed E-state index contributed by atoms with van der Waals surface area (Å²) in [6.07, 6.45) is 3.00. The highest BCUT2D eigenvalue weighted by molar-refractivity contribution is 7.88. The molecule has 0 aromatic heterocycles. The second-order valence-electron chi connectivity index (χ2n) is 3.74. The van der Waals surface area contributed by atoms with E-state index in [4.69, 9.17) is 5.73 Å². The quantitative estimate of drug-likeness (QED) is 0.692. The smallest absolute Gasteiger partial charge is 0.211 e. The van der Waals surface area contributed by atoms with Crippen LogP contribution in [-0.2, 0) is 10.0 Å². The minimum Gasteiger partial charge on any atom is -0.327 e. The van der Waals surface area contributed by atoms with Crippen molar-refractivity contribution in [2.75, 3.05) is 19.3 Å². The molecule has 2 atom stereocenters. The molecule has 0 unspecified atom stereocenters. The third kappa shape index (κ3) is 2.65. The number of nitrogens with two attached hydrogens (primary N) is 1. The Morgan fingerprint density at radius 1 is 1.54 bits per heavy atom. The van der Waals surface area contributed by atoms with Crippen LogP contribution in [0.3, 0.4) is 0 Å². The fourth-order valence-electron chi connectivity index (χ4n) is 1.75. The van der Waals surface area contributed by atoms with Gasteiger partial charge in [-0.2, -0.15) is 0 Å². The summed E-state index contributed by atoms with van der Waals surface area (Å²) in [5, 5.41) is 0. The molecule has 1 rings (SSSR count). The van der Waals surface area contributed by atoms with Crippen LogP contribution in [0.4, 0.5) is 0 Å². The minimum absolute atomic E-state index is 0.169. The van der Waals surface area contributed by atoms with Gasteiger partial charge < -0.3 is 5.73 Å². The van der Waals surface area contributed by atoms with Gasteiger partial charge in [-0.1, -0.05) is 13.3 Å². The predicted molar refractivity (Wildman–Crippen MR) is 52.8 cm³/mol. The molecule has 1 aliphatic rings. The summed E-state index contributed by atoms with van der Waals surface area (Å²) in [5.74, 6) is 0.323. The third-order valence-electron chi connectivity index (χ3n) is 2.75. The van der Waals surface area contributed by atoms with Crippen LogP contribution in [0.1, 0.15) is 19.8 Å². The number of piperidine rings is 1. The number of rotatable bonds is 2. The maximum absolute atomic E-state index is 11.2. The molecule has 1 fully saturated rings. The number of hydrogen-bond acceptors (Lipinski definition) is 3. The molecule has 4 nitrogen and oxygen atoms in total. The van der Waals surface area contributed by atoms with Gasteiger partial charge in [-0.25, -0.2) is 12.7 Å². The van der Waals surface area contributed by atoms with Crippen LogP contribution in [0.15, 0.2) is 0 Å². The summed E-state index contributed by atoms with van der Waals surface area (Å²) in [5.41, 5.74) is 5.87. The normalized spacial score (nSPS) is 31.9. The van der Waals surface area contributed by atoms with Crippen LogP contribution >= 0.6 is 0 Å². The maximum atomic E-state index is 11.2. The Morgan fingerprint density at radius 2 is 2.15 bits per heavy atom. The maximum Gasteiger partial charge on any atom is 0.211 e. The third-order valence-corrected chi connectivity index (χ3v) is 4.02. The van der Waals surface area contributed by atoms with Crippen LogP contribution in [0.2, 0.25) is 0 Å². The van der Waals surface area contributed by atoms with E-state index in [0.717, 1.165) is 12.8 Å². The van der Waals surface area contributed by atoms with Gasteiger partial charge >= 0.3 is 0 Å². The number of sulfonamides is 1. The highest BCUT2D eigenvalue weighted by atomic mass is 32.2. The second-order valence-corrected chi connectivity index (χ2v) is 5.72. The van der Waals surface area contributed by atoms with Crippen molar-refractivity contribution in [1.29, 1.82) is 0 Å². The summed E-state index contributed by atoms with van der Waals surface area (Å²) >= 11 is 0. The number of nitrogens with zero attached hydrogens (tertiary/aromatic N) is 1. The first-order chi connectivity index (χ1) is 5.95. The van der Waals surface area contributed by atoms with Gasteiger partial charge in [0.15, 0.2) is 0 Å². The van der Waals surface area contributed by atoms with E-state index in [9.17, 15) is 8.42 Å². The second kappa shape index (κ2) is 3.94. The summed E-state index contributed by atoms with van der Waals surface area (Å²) in [4.78, 5) is 0. The molecule has 1 heterocycles. The molecule has 0 aliphatic carbocycles. The van der Waals surface area contributed by atoms with E-state index in [0.29, 0.717) is 19.0 Å². The van der Waals surface area contributed by atoms with E-state index >= 15 is 0 Å². The van der Waals surface area contributed by atoms with Crippen molar-refractivity contribution in [3.05, 3.63) is 0 Å². The van der Waals surface area contributed by atoms with Crippen LogP contribution in [0.5, 0.6) is 0 Å². The van der Waals surface area contributed by atoms with Crippen LogP contribution in [0.25, 0.3) is 0 Å². The Bertz CT molecular complexity index is 263. The minimum atomic E-state index is -3.01. The van der Waals surface area contributed by atoms with Crippen LogP contribution < -0.4 is 5.73 Å². The molecule has 0 saturated carbocycles. The molecule has 0 radical (unpaired) electrons. The predicted octanol–water partition coefficient (Wildman–Crippen LogP) is 0.00520. The highest BCUT2D eigenvalue weighted by Gasteiger charge is 2.29. The van der Waals surface area contributed by atoms with Crippen molar-refractivity contribution >= 4 is 10.0 Å². The van der Waals surface area contributed by atoms with E-state index in [1.54, 1.807) is 0 Å². The Balaban J connectivity index is 2.65. The first-order valence-electron chi connectivity index (χ1n) is 4.66. The van der Waals surface area contributed by atoms with E-state index in [2.05, 4.69) is 6.92 Å². The Hall–Kier alpha value is -0.130. The summed E-state index contributed by atoms with van der Waals surface area (Å²) < 4.78 is 24.0. The molecule has 5 heteroatoms. The van der Waals surface area contributed by atoms with Crippen molar-refractivity contribution in [1.82, 2.24) is 4.31 Å². The fourth-order valence-corrected chi connectivity index (χ4v) is 2.65. The lowest BCUT2D eigenvalue weighted by Gasteiger charge is -2.34. The summed E-state index contributed by atoms with van der Waals surface area (Å²) in [6, 6.07) is 0.169. The van der Waals surface area contributed by atoms with Crippen molar-refractivity contribution in [2.24, 2.45) is 11.7 Å². The van der Waals surface area contributed by atoms with Gasteiger partial charge in [0.05, 0.1) is 6.26 Å². The lowest BCUT2D eigenvalue weighted by Crippen LogP contribution is -2.48.